The lowest BCUT2D eigenvalue weighted by molar-refractivity contribution is -0.113. The van der Waals surface area contributed by atoms with Gasteiger partial charge in [-0.15, -0.1) is 10.2 Å². The quantitative estimate of drug-likeness (QED) is 0.215. The number of benzene rings is 4. The second-order valence-corrected chi connectivity index (χ2v) is 10.2. The van der Waals surface area contributed by atoms with E-state index in [4.69, 9.17) is 11.6 Å². The van der Waals surface area contributed by atoms with E-state index in [0.717, 1.165) is 34.4 Å². The Hall–Kier alpha value is -4.07. The molecule has 2 heterocycles. The molecular weight excluding hydrogens is 514 g/mol. The minimum absolute atomic E-state index is 0.111. The summed E-state index contributed by atoms with van der Waals surface area (Å²) in [6.45, 7) is 3.02. The number of aryl methyl sites for hydroxylation is 1. The fraction of sp³-hybridized carbons (Fsp3) is 0.100. The Morgan fingerprint density at radius 2 is 1.61 bits per heavy atom. The van der Waals surface area contributed by atoms with Gasteiger partial charge < -0.3 is 9.88 Å². The van der Waals surface area contributed by atoms with Crippen molar-refractivity contribution in [2.24, 2.45) is 0 Å². The zero-order valence-corrected chi connectivity index (χ0v) is 22.2. The van der Waals surface area contributed by atoms with Crippen LogP contribution in [0.1, 0.15) is 6.92 Å². The van der Waals surface area contributed by atoms with Crippen molar-refractivity contribution in [1.29, 1.82) is 0 Å². The van der Waals surface area contributed by atoms with Crippen molar-refractivity contribution >= 4 is 56.8 Å². The van der Waals surface area contributed by atoms with Gasteiger partial charge in [0, 0.05) is 50.3 Å². The maximum Gasteiger partial charge on any atom is 0.234 e. The van der Waals surface area contributed by atoms with Crippen LogP contribution in [-0.2, 0) is 11.3 Å². The molecule has 1 N–H and O–H groups in total. The highest BCUT2D eigenvalue weighted by Gasteiger charge is 2.18. The van der Waals surface area contributed by atoms with E-state index < -0.39 is 0 Å². The number of nitrogens with zero attached hydrogens (tertiary/aromatic N) is 4. The van der Waals surface area contributed by atoms with E-state index in [2.05, 4.69) is 57.3 Å². The Bertz CT molecular complexity index is 1760. The third kappa shape index (κ3) is 4.55. The van der Waals surface area contributed by atoms with E-state index in [-0.39, 0.29) is 11.7 Å². The average molecular weight is 538 g/mol. The molecule has 0 atom stereocenters. The van der Waals surface area contributed by atoms with Crippen LogP contribution in [-0.4, -0.2) is 31.0 Å². The summed E-state index contributed by atoms with van der Waals surface area (Å²) in [6.07, 6.45) is 0. The molecule has 0 spiro atoms. The number of halogens is 1. The van der Waals surface area contributed by atoms with Crippen LogP contribution >= 0.6 is 23.4 Å². The molecule has 4 aromatic carbocycles. The number of nitrogens with one attached hydrogen (secondary N) is 1. The summed E-state index contributed by atoms with van der Waals surface area (Å²) in [5.41, 5.74) is 4.93. The van der Waals surface area contributed by atoms with Crippen molar-refractivity contribution in [3.8, 4) is 17.1 Å². The smallest absolute Gasteiger partial charge is 0.234 e. The first-order valence-corrected chi connectivity index (χ1v) is 13.7. The molecule has 0 saturated heterocycles. The molecule has 0 saturated carbocycles. The maximum absolute atomic E-state index is 13.0. The molecule has 2 aromatic heterocycles. The highest BCUT2D eigenvalue weighted by atomic mass is 35.5. The summed E-state index contributed by atoms with van der Waals surface area (Å²) >= 11 is 7.47. The molecule has 1 amide bonds. The van der Waals surface area contributed by atoms with Gasteiger partial charge in [0.25, 0.3) is 0 Å². The predicted molar refractivity (Wildman–Crippen MR) is 156 cm³/mol. The number of carbonyl (C=O) groups is 1. The Labute approximate surface area is 229 Å². The number of aromatic nitrogens is 4. The SMILES string of the molecule is CCn1c2ccccc2c2cc(NC(=O)CSc3nnc(-c4ccccc4)n3-c3ccc(Cl)cc3)ccc21. The lowest BCUT2D eigenvalue weighted by atomic mass is 10.1. The number of fused-ring (bicyclic) bond motifs is 3. The number of hydrogen-bond acceptors (Lipinski definition) is 4. The van der Waals surface area contributed by atoms with E-state index in [0.29, 0.717) is 16.0 Å². The van der Waals surface area contributed by atoms with E-state index in [1.807, 2.05) is 71.3 Å². The van der Waals surface area contributed by atoms with Gasteiger partial charge in [-0.3, -0.25) is 9.36 Å². The van der Waals surface area contributed by atoms with Crippen LogP contribution in [0, 0.1) is 0 Å². The first kappa shape index (κ1) is 24.3. The molecule has 0 aliphatic heterocycles. The molecule has 0 aliphatic carbocycles. The van der Waals surface area contributed by atoms with Crippen LogP contribution in [0.5, 0.6) is 0 Å². The first-order chi connectivity index (χ1) is 18.6. The van der Waals surface area contributed by atoms with Gasteiger partial charge >= 0.3 is 0 Å². The third-order valence-corrected chi connectivity index (χ3v) is 7.64. The standard InChI is InChI=1S/C30H24ClN5OS/c1-2-35-26-11-7-6-10-24(26)25-18-22(14-17-27(25)35)32-28(37)19-38-30-34-33-29(20-8-4-3-5-9-20)36(30)23-15-12-21(31)13-16-23/h3-18H,2,19H2,1H3,(H,32,37). The van der Waals surface area contributed by atoms with Gasteiger partial charge in [0.1, 0.15) is 0 Å². The van der Waals surface area contributed by atoms with Gasteiger partial charge in [0.2, 0.25) is 5.91 Å². The monoisotopic (exact) mass is 537 g/mol. The summed E-state index contributed by atoms with van der Waals surface area (Å²) in [6, 6.07) is 31.8. The summed E-state index contributed by atoms with van der Waals surface area (Å²) in [4.78, 5) is 13.0. The molecule has 38 heavy (non-hydrogen) atoms. The zero-order valence-electron chi connectivity index (χ0n) is 20.6. The molecule has 6 rings (SSSR count). The molecule has 0 aliphatic rings. The average Bonchev–Trinajstić information content (AvgIpc) is 3.52. The van der Waals surface area contributed by atoms with Crippen molar-refractivity contribution < 1.29 is 4.79 Å². The van der Waals surface area contributed by atoms with Crippen molar-refractivity contribution in [2.75, 3.05) is 11.1 Å². The molecular formula is C30H24ClN5OS. The molecule has 6 nitrogen and oxygen atoms in total. The van der Waals surface area contributed by atoms with Gasteiger partial charge in [-0.2, -0.15) is 0 Å². The van der Waals surface area contributed by atoms with Gasteiger partial charge in [0.05, 0.1) is 5.75 Å². The first-order valence-electron chi connectivity index (χ1n) is 12.3. The predicted octanol–water partition coefficient (Wildman–Crippen LogP) is 7.45. The van der Waals surface area contributed by atoms with Crippen LogP contribution in [0.15, 0.2) is 102 Å². The number of rotatable bonds is 7. The van der Waals surface area contributed by atoms with Gasteiger partial charge in [-0.05, 0) is 55.5 Å². The lowest BCUT2D eigenvalue weighted by Crippen LogP contribution is -2.14. The second-order valence-electron chi connectivity index (χ2n) is 8.81. The normalized spacial score (nSPS) is 11.3. The van der Waals surface area contributed by atoms with E-state index >= 15 is 0 Å². The molecule has 6 aromatic rings. The maximum atomic E-state index is 13.0. The number of anilines is 1. The fourth-order valence-corrected chi connectivity index (χ4v) is 5.64. The van der Waals surface area contributed by atoms with Crippen LogP contribution in [0.25, 0.3) is 38.9 Å². The van der Waals surface area contributed by atoms with Crippen LogP contribution in [0.2, 0.25) is 5.02 Å². The number of para-hydroxylation sites is 1. The van der Waals surface area contributed by atoms with Crippen molar-refractivity contribution in [3.63, 3.8) is 0 Å². The zero-order chi connectivity index (χ0) is 26.1. The van der Waals surface area contributed by atoms with Gasteiger partial charge in [-0.1, -0.05) is 71.9 Å². The summed E-state index contributed by atoms with van der Waals surface area (Å²) < 4.78 is 4.25. The number of amides is 1. The molecule has 188 valence electrons. The van der Waals surface area contributed by atoms with E-state index in [9.17, 15) is 4.79 Å². The van der Waals surface area contributed by atoms with E-state index in [1.54, 1.807) is 0 Å². The highest BCUT2D eigenvalue weighted by molar-refractivity contribution is 7.99. The number of thioether (sulfide) groups is 1. The van der Waals surface area contributed by atoms with Crippen LogP contribution < -0.4 is 5.32 Å². The Morgan fingerprint density at radius 1 is 0.868 bits per heavy atom. The summed E-state index contributed by atoms with van der Waals surface area (Å²) in [5, 5.41) is 15.5. The molecule has 0 radical (unpaired) electrons. The largest absolute Gasteiger partial charge is 0.341 e. The molecule has 8 heteroatoms. The Kier molecular flexibility index (Phi) is 6.62. The van der Waals surface area contributed by atoms with Crippen LogP contribution in [0.4, 0.5) is 5.69 Å². The lowest BCUT2D eigenvalue weighted by Gasteiger charge is -2.11. The van der Waals surface area contributed by atoms with Crippen molar-refractivity contribution in [2.45, 2.75) is 18.6 Å². The summed E-state index contributed by atoms with van der Waals surface area (Å²) in [7, 11) is 0. The Morgan fingerprint density at radius 3 is 2.39 bits per heavy atom. The summed E-state index contributed by atoms with van der Waals surface area (Å²) in [5.74, 6) is 0.782. The topological polar surface area (TPSA) is 64.7 Å². The van der Waals surface area contributed by atoms with Gasteiger partial charge in [0.15, 0.2) is 11.0 Å². The second kappa shape index (κ2) is 10.4. The van der Waals surface area contributed by atoms with Gasteiger partial charge in [-0.25, -0.2) is 0 Å². The fourth-order valence-electron chi connectivity index (χ4n) is 4.76. The number of carbonyl (C=O) groups excluding carboxylic acids is 1. The minimum atomic E-state index is -0.111. The molecule has 0 bridgehead atoms. The molecule has 0 fully saturated rings. The van der Waals surface area contributed by atoms with Crippen LogP contribution in [0.3, 0.4) is 0 Å². The molecule has 0 unspecified atom stereocenters. The number of hydrogen-bond donors (Lipinski definition) is 1. The highest BCUT2D eigenvalue weighted by Crippen LogP contribution is 2.32. The Balaban J connectivity index is 1.25. The van der Waals surface area contributed by atoms with Crippen molar-refractivity contribution in [3.05, 3.63) is 102 Å². The third-order valence-electron chi connectivity index (χ3n) is 6.45. The van der Waals surface area contributed by atoms with E-state index in [1.165, 1.54) is 22.7 Å². The minimum Gasteiger partial charge on any atom is -0.341 e. The van der Waals surface area contributed by atoms with Crippen molar-refractivity contribution in [1.82, 2.24) is 19.3 Å².